The first kappa shape index (κ1) is 12.9. The molecule has 1 aliphatic heterocycles. The fraction of sp³-hybridized carbons (Fsp3) is 1.00. The van der Waals surface area contributed by atoms with Gasteiger partial charge in [-0.25, -0.2) is 0 Å². The van der Waals surface area contributed by atoms with Gasteiger partial charge in [-0.2, -0.15) is 0 Å². The maximum Gasteiger partial charge on any atom is 0.0698 e. The number of ether oxygens (including phenoxy) is 1. The zero-order chi connectivity index (χ0) is 10.3. The Labute approximate surface area is 83.3 Å². The van der Waals surface area contributed by atoms with Crippen LogP contribution in [0.2, 0.25) is 0 Å². The number of piperidine rings is 1. The third kappa shape index (κ3) is 4.63. The van der Waals surface area contributed by atoms with Crippen molar-refractivity contribution in [1.82, 2.24) is 4.90 Å². The molecule has 0 aliphatic carbocycles. The lowest BCUT2D eigenvalue weighted by atomic mass is 10.1. The Kier molecular flexibility index (Phi) is 7.29. The van der Waals surface area contributed by atoms with Gasteiger partial charge in [0.2, 0.25) is 0 Å². The van der Waals surface area contributed by atoms with E-state index >= 15 is 0 Å². The molecule has 0 bridgehead atoms. The number of hydrogen-bond donors (Lipinski definition) is 0. The molecule has 0 aromatic heterocycles. The zero-order valence-electron chi connectivity index (χ0n) is 9.84. The Hall–Kier alpha value is -0.0800. The molecule has 1 atom stereocenters. The van der Waals surface area contributed by atoms with E-state index < -0.39 is 0 Å². The van der Waals surface area contributed by atoms with Gasteiger partial charge in [-0.15, -0.1) is 0 Å². The van der Waals surface area contributed by atoms with Crippen molar-refractivity contribution < 1.29 is 4.74 Å². The quantitative estimate of drug-likeness (QED) is 0.658. The highest BCUT2D eigenvalue weighted by molar-refractivity contribution is 4.74. The number of likely N-dealkylation sites (tertiary alicyclic amines) is 1. The number of hydrogen-bond acceptors (Lipinski definition) is 2. The van der Waals surface area contributed by atoms with E-state index in [0.717, 1.165) is 6.54 Å². The van der Waals surface area contributed by atoms with Gasteiger partial charge in [0, 0.05) is 19.7 Å². The van der Waals surface area contributed by atoms with Crippen molar-refractivity contribution in [3.05, 3.63) is 0 Å². The van der Waals surface area contributed by atoms with Crippen molar-refractivity contribution in [3.8, 4) is 0 Å². The topological polar surface area (TPSA) is 12.5 Å². The molecule has 2 heteroatoms. The predicted molar refractivity (Wildman–Crippen MR) is 58.1 cm³/mol. The van der Waals surface area contributed by atoms with Crippen LogP contribution in [0.25, 0.3) is 0 Å². The summed E-state index contributed by atoms with van der Waals surface area (Å²) < 4.78 is 5.33. The van der Waals surface area contributed by atoms with Crippen LogP contribution in [0.1, 0.15) is 40.5 Å². The highest BCUT2D eigenvalue weighted by Crippen LogP contribution is 2.14. The molecule has 0 aromatic carbocycles. The SMILES string of the molecule is CC.COC1CCCN(C(C)C)C1. The van der Waals surface area contributed by atoms with Gasteiger partial charge >= 0.3 is 0 Å². The first-order chi connectivity index (χ1) is 6.24. The Morgan fingerprint density at radius 3 is 2.38 bits per heavy atom. The maximum absolute atomic E-state index is 5.33. The average Bonchev–Trinajstić information content (AvgIpc) is 2.21. The van der Waals surface area contributed by atoms with Crippen molar-refractivity contribution in [2.75, 3.05) is 20.2 Å². The van der Waals surface area contributed by atoms with Gasteiger partial charge in [0.1, 0.15) is 0 Å². The second kappa shape index (κ2) is 7.34. The number of methoxy groups -OCH3 is 1. The van der Waals surface area contributed by atoms with Crippen LogP contribution in [0.5, 0.6) is 0 Å². The summed E-state index contributed by atoms with van der Waals surface area (Å²) in [6, 6.07) is 0.674. The normalized spacial score (nSPS) is 24.0. The summed E-state index contributed by atoms with van der Waals surface area (Å²) in [7, 11) is 1.81. The van der Waals surface area contributed by atoms with Crippen LogP contribution in [-0.2, 0) is 4.74 Å². The molecule has 1 aliphatic rings. The standard InChI is InChI=1S/C9H19NO.C2H6/c1-8(2)10-6-4-5-9(7-10)11-3;1-2/h8-9H,4-7H2,1-3H3;1-2H3. The van der Waals surface area contributed by atoms with Gasteiger partial charge in [-0.1, -0.05) is 13.8 Å². The average molecular weight is 187 g/mol. The first-order valence-electron chi connectivity index (χ1n) is 5.51. The molecule has 80 valence electrons. The van der Waals surface area contributed by atoms with E-state index in [0.29, 0.717) is 12.1 Å². The summed E-state index contributed by atoms with van der Waals surface area (Å²) in [6.45, 7) is 10.9. The molecule has 0 spiro atoms. The fourth-order valence-electron chi connectivity index (χ4n) is 1.63. The molecule has 1 saturated heterocycles. The van der Waals surface area contributed by atoms with E-state index in [1.807, 2.05) is 21.0 Å². The lowest BCUT2D eigenvalue weighted by Crippen LogP contribution is -2.42. The van der Waals surface area contributed by atoms with Crippen molar-refractivity contribution in [2.45, 2.75) is 52.7 Å². The van der Waals surface area contributed by atoms with E-state index in [-0.39, 0.29) is 0 Å². The molecule has 1 unspecified atom stereocenters. The Morgan fingerprint density at radius 1 is 1.31 bits per heavy atom. The van der Waals surface area contributed by atoms with Gasteiger partial charge in [0.25, 0.3) is 0 Å². The molecule has 2 nitrogen and oxygen atoms in total. The van der Waals surface area contributed by atoms with Gasteiger partial charge in [-0.05, 0) is 33.2 Å². The van der Waals surface area contributed by atoms with Gasteiger partial charge < -0.3 is 4.74 Å². The molecule has 1 rings (SSSR count). The summed E-state index contributed by atoms with van der Waals surface area (Å²) >= 11 is 0. The highest BCUT2D eigenvalue weighted by atomic mass is 16.5. The summed E-state index contributed by atoms with van der Waals surface area (Å²) in [5, 5.41) is 0. The minimum absolute atomic E-state index is 0.478. The van der Waals surface area contributed by atoms with Crippen LogP contribution < -0.4 is 0 Å². The largest absolute Gasteiger partial charge is 0.380 e. The molecule has 0 amide bonds. The van der Waals surface area contributed by atoms with Crippen molar-refractivity contribution in [2.24, 2.45) is 0 Å². The summed E-state index contributed by atoms with van der Waals surface area (Å²) in [5.74, 6) is 0. The van der Waals surface area contributed by atoms with Gasteiger partial charge in [0.05, 0.1) is 6.10 Å². The minimum atomic E-state index is 0.478. The maximum atomic E-state index is 5.33. The van der Waals surface area contributed by atoms with Crippen LogP contribution in [0.3, 0.4) is 0 Å². The van der Waals surface area contributed by atoms with Crippen LogP contribution in [0.4, 0.5) is 0 Å². The second-order valence-electron chi connectivity index (χ2n) is 3.59. The number of rotatable bonds is 2. The third-order valence-electron chi connectivity index (χ3n) is 2.47. The lowest BCUT2D eigenvalue weighted by molar-refractivity contribution is 0.0203. The lowest BCUT2D eigenvalue weighted by Gasteiger charge is -2.34. The fourth-order valence-corrected chi connectivity index (χ4v) is 1.63. The third-order valence-corrected chi connectivity index (χ3v) is 2.47. The van der Waals surface area contributed by atoms with E-state index in [1.54, 1.807) is 0 Å². The molecule has 0 saturated carbocycles. The van der Waals surface area contributed by atoms with Gasteiger partial charge in [0.15, 0.2) is 0 Å². The molecular weight excluding hydrogens is 162 g/mol. The smallest absolute Gasteiger partial charge is 0.0698 e. The summed E-state index contributed by atoms with van der Waals surface area (Å²) in [6.07, 6.45) is 3.00. The first-order valence-corrected chi connectivity index (χ1v) is 5.51. The van der Waals surface area contributed by atoms with Crippen LogP contribution >= 0.6 is 0 Å². The second-order valence-corrected chi connectivity index (χ2v) is 3.59. The van der Waals surface area contributed by atoms with Crippen molar-refractivity contribution in [3.63, 3.8) is 0 Å². The Bertz CT molecular complexity index is 115. The van der Waals surface area contributed by atoms with Gasteiger partial charge in [-0.3, -0.25) is 4.90 Å². The summed E-state index contributed by atoms with van der Waals surface area (Å²) in [5.41, 5.74) is 0. The molecule has 0 N–H and O–H groups in total. The molecule has 1 fully saturated rings. The zero-order valence-corrected chi connectivity index (χ0v) is 9.84. The van der Waals surface area contributed by atoms with Crippen LogP contribution in [0.15, 0.2) is 0 Å². The molecule has 13 heavy (non-hydrogen) atoms. The van der Waals surface area contributed by atoms with Crippen LogP contribution in [-0.4, -0.2) is 37.2 Å². The van der Waals surface area contributed by atoms with E-state index in [9.17, 15) is 0 Å². The molecule has 0 radical (unpaired) electrons. The number of nitrogens with zero attached hydrogens (tertiary/aromatic N) is 1. The van der Waals surface area contributed by atoms with Crippen molar-refractivity contribution >= 4 is 0 Å². The Balaban J connectivity index is 0.000000671. The van der Waals surface area contributed by atoms with Crippen molar-refractivity contribution in [1.29, 1.82) is 0 Å². The van der Waals surface area contributed by atoms with E-state index in [1.165, 1.54) is 19.4 Å². The molecular formula is C11H25NO. The molecule has 1 heterocycles. The monoisotopic (exact) mass is 187 g/mol. The van der Waals surface area contributed by atoms with E-state index in [4.69, 9.17) is 4.74 Å². The Morgan fingerprint density at radius 2 is 1.92 bits per heavy atom. The molecule has 0 aromatic rings. The predicted octanol–water partition coefficient (Wildman–Crippen LogP) is 2.53. The summed E-state index contributed by atoms with van der Waals surface area (Å²) in [4.78, 5) is 2.48. The highest BCUT2D eigenvalue weighted by Gasteiger charge is 2.20. The van der Waals surface area contributed by atoms with E-state index in [2.05, 4.69) is 18.7 Å². The van der Waals surface area contributed by atoms with Crippen LogP contribution in [0, 0.1) is 0 Å². The minimum Gasteiger partial charge on any atom is -0.380 e.